The van der Waals surface area contributed by atoms with Gasteiger partial charge in [-0.2, -0.15) is 8.62 Å². The lowest BCUT2D eigenvalue weighted by atomic mass is 10.0. The van der Waals surface area contributed by atoms with Crippen LogP contribution in [0.4, 0.5) is 0 Å². The summed E-state index contributed by atoms with van der Waals surface area (Å²) in [6.07, 6.45) is 115. The maximum atomic E-state index is 16.2. The molecule has 0 aliphatic carbocycles. The highest BCUT2D eigenvalue weighted by molar-refractivity contribution is 7.67. The minimum Gasteiger partial charge on any atom is -0.393 e. The van der Waals surface area contributed by atoms with Crippen LogP contribution in [0.3, 0.4) is 0 Å². The van der Waals surface area contributed by atoms with Crippen LogP contribution < -0.4 is 0 Å². The quantitative estimate of drug-likeness (QED) is 0.0349. The van der Waals surface area contributed by atoms with Gasteiger partial charge in [0, 0.05) is 13.2 Å². The molecule has 16 heteroatoms. The van der Waals surface area contributed by atoms with E-state index in [1.54, 1.807) is 0 Å². The standard InChI is InChI=1S/C111H227O13P3/c1-7-13-19-25-31-37-43-49-55-61-67-73-79-85-91-97-103-116-110(109-112)111(117-104-98-92-86-80-74-68-62-56-50-44-38-32-26-20-14-8-2)122-126(114,120-107-101-95-89-83-77-71-65-59-53-47-41-35-29-23-17-11-5)124-127(115,121-108-102-96-90-84-78-72-66-60-54-48-42-36-30-24-18-12-6)123-125(113,118-105-99-93-87-81-75-69-63-57-51-45-39-33-27-21-15-9-3)119-106-100-94-88-82-76-70-64-58-52-46-40-34-28-22-16-10-4/h110-112H,7-109H2,1-6H3. The normalized spacial score (nSPS) is 13.5. The molecule has 4 atom stereocenters. The van der Waals surface area contributed by atoms with Crippen molar-refractivity contribution in [2.75, 3.05) is 46.2 Å². The maximum absolute atomic E-state index is 16.2. The van der Waals surface area contributed by atoms with Crippen molar-refractivity contribution in [2.45, 2.75) is 670 Å². The molecule has 0 bridgehead atoms. The zero-order valence-corrected chi connectivity index (χ0v) is 89.4. The molecular weight excluding hydrogens is 1630 g/mol. The minimum absolute atomic E-state index is 0.0436. The molecule has 127 heavy (non-hydrogen) atoms. The van der Waals surface area contributed by atoms with E-state index in [0.717, 1.165) is 122 Å². The molecule has 0 saturated carbocycles. The smallest absolute Gasteiger partial charge is 0.393 e. The van der Waals surface area contributed by atoms with Crippen molar-refractivity contribution in [3.8, 4) is 0 Å². The van der Waals surface area contributed by atoms with Crippen molar-refractivity contribution in [2.24, 2.45) is 0 Å². The molecule has 0 aliphatic rings. The molecule has 0 rings (SSSR count). The van der Waals surface area contributed by atoms with E-state index in [1.807, 2.05) is 0 Å². The van der Waals surface area contributed by atoms with E-state index < -0.39 is 42.5 Å². The second-order valence-electron chi connectivity index (χ2n) is 39.6. The average Bonchev–Trinajstić information content (AvgIpc) is 0.800. The van der Waals surface area contributed by atoms with Gasteiger partial charge in [-0.05, 0) is 38.5 Å². The van der Waals surface area contributed by atoms with Gasteiger partial charge in [0.2, 0.25) is 0 Å². The van der Waals surface area contributed by atoms with Gasteiger partial charge in [0.1, 0.15) is 6.10 Å². The number of hydrogen-bond acceptors (Lipinski definition) is 13. The highest BCUT2D eigenvalue weighted by Crippen LogP contribution is 2.73. The van der Waals surface area contributed by atoms with Crippen LogP contribution in [0.5, 0.6) is 0 Å². The number of phosphoric ester groups is 2. The summed E-state index contributed by atoms with van der Waals surface area (Å²) in [5, 5.41) is 11.4. The molecule has 0 saturated heterocycles. The third-order valence-corrected chi connectivity index (χ3v) is 32.4. The van der Waals surface area contributed by atoms with Gasteiger partial charge in [0.25, 0.3) is 0 Å². The molecule has 0 aromatic heterocycles. The minimum atomic E-state index is -5.23. The average molecular weight is 1860 g/mol. The maximum Gasteiger partial charge on any atom is 0.492 e. The second kappa shape index (κ2) is 107. The molecule has 4 unspecified atom stereocenters. The monoisotopic (exact) mass is 1860 g/mol. The molecule has 764 valence electrons. The van der Waals surface area contributed by atoms with Gasteiger partial charge in [-0.25, -0.2) is 13.7 Å². The Morgan fingerprint density at radius 2 is 0.299 bits per heavy atom. The first-order valence-corrected chi connectivity index (χ1v) is 62.3. The van der Waals surface area contributed by atoms with Gasteiger partial charge in [0.15, 0.2) is 6.29 Å². The fourth-order valence-corrected chi connectivity index (χ4v) is 23.5. The fourth-order valence-electron chi connectivity index (χ4n) is 18.1. The Balaban J connectivity index is 7.10. The lowest BCUT2D eigenvalue weighted by Crippen LogP contribution is -2.37. The van der Waals surface area contributed by atoms with Gasteiger partial charge in [0.05, 0.1) is 33.0 Å². The topological polar surface area (TPSA) is 155 Å². The first-order chi connectivity index (χ1) is 62.6. The van der Waals surface area contributed by atoms with E-state index in [9.17, 15) is 5.11 Å². The molecule has 0 fully saturated rings. The molecular formula is C111H227O13P3. The number of rotatable bonds is 116. The summed E-state index contributed by atoms with van der Waals surface area (Å²) in [6, 6.07) is 0. The third kappa shape index (κ3) is 97.7. The molecule has 0 aromatic rings. The number of aliphatic hydroxyl groups is 1. The molecule has 0 amide bonds. The van der Waals surface area contributed by atoms with E-state index >= 15 is 13.7 Å². The molecule has 0 radical (unpaired) electrons. The Morgan fingerprint density at radius 3 is 0.472 bits per heavy atom. The Morgan fingerprint density at radius 1 is 0.165 bits per heavy atom. The number of aliphatic hydroxyl groups excluding tert-OH is 1. The predicted molar refractivity (Wildman–Crippen MR) is 554 cm³/mol. The van der Waals surface area contributed by atoms with Gasteiger partial charge in [-0.15, -0.1) is 0 Å². The van der Waals surface area contributed by atoms with Crippen molar-refractivity contribution in [1.82, 2.24) is 0 Å². The summed E-state index contributed by atoms with van der Waals surface area (Å²) in [7, 11) is -15.1. The van der Waals surface area contributed by atoms with Crippen LogP contribution in [0, 0.1) is 0 Å². The highest BCUT2D eigenvalue weighted by Gasteiger charge is 2.49. The number of unbranched alkanes of at least 4 members (excludes halogenated alkanes) is 90. The van der Waals surface area contributed by atoms with Gasteiger partial charge in [-0.1, -0.05) is 619 Å². The Hall–Kier alpha value is 0.290. The Kier molecular flexibility index (Phi) is 107. The molecule has 0 spiro atoms. The molecule has 0 aliphatic heterocycles. The van der Waals surface area contributed by atoms with E-state index in [4.69, 9.17) is 40.7 Å². The van der Waals surface area contributed by atoms with Gasteiger partial charge < -0.3 is 14.6 Å². The Labute approximate surface area is 794 Å². The van der Waals surface area contributed by atoms with E-state index in [0.29, 0.717) is 38.7 Å². The summed E-state index contributed by atoms with van der Waals surface area (Å²) in [6.45, 7) is 13.7. The van der Waals surface area contributed by atoms with Crippen molar-refractivity contribution in [3.05, 3.63) is 0 Å². The van der Waals surface area contributed by atoms with Crippen molar-refractivity contribution >= 4 is 23.5 Å². The largest absolute Gasteiger partial charge is 0.492 e. The van der Waals surface area contributed by atoms with Crippen molar-refractivity contribution < 1.29 is 59.5 Å². The van der Waals surface area contributed by atoms with Crippen LogP contribution in [0.25, 0.3) is 0 Å². The van der Waals surface area contributed by atoms with Crippen LogP contribution in [0.1, 0.15) is 658 Å². The van der Waals surface area contributed by atoms with Crippen molar-refractivity contribution in [1.29, 1.82) is 0 Å². The van der Waals surface area contributed by atoms with Crippen LogP contribution in [0.15, 0.2) is 0 Å². The van der Waals surface area contributed by atoms with E-state index in [2.05, 4.69) is 41.5 Å². The van der Waals surface area contributed by atoms with E-state index in [-0.39, 0.29) is 33.0 Å². The summed E-state index contributed by atoms with van der Waals surface area (Å²) in [5.74, 6) is 0. The lowest BCUT2D eigenvalue weighted by Gasteiger charge is -2.30. The number of hydrogen-bond donors (Lipinski definition) is 1. The van der Waals surface area contributed by atoms with E-state index in [1.165, 1.54) is 462 Å². The number of phosphoric acid groups is 3. The first-order valence-electron chi connectivity index (χ1n) is 57.9. The lowest BCUT2D eigenvalue weighted by molar-refractivity contribution is -0.182. The van der Waals surface area contributed by atoms with Crippen LogP contribution in [0.2, 0.25) is 0 Å². The molecule has 13 nitrogen and oxygen atoms in total. The SMILES string of the molecule is CCCCCCCCCCCCCCCCCCOC(CO)C(OCCCCCCCCCCCCCCCCCC)OP(=O)(OCCCCCCCCCCCCCCCCCC)OP(=O)(OCCCCCCCCCCCCCCCCCC)OP(=O)(OCCCCCCCCCCCCCCCCCC)OCCCCCCCCCCCCCCCCCC. The van der Waals surface area contributed by atoms with Gasteiger partial charge in [-0.3, -0.25) is 22.6 Å². The third-order valence-electron chi connectivity index (χ3n) is 26.7. The Bertz CT molecular complexity index is 2150. The van der Waals surface area contributed by atoms with Crippen LogP contribution in [-0.2, 0) is 54.4 Å². The summed E-state index contributed by atoms with van der Waals surface area (Å²) < 4.78 is 105. The summed E-state index contributed by atoms with van der Waals surface area (Å²) in [5.41, 5.74) is 0. The number of ether oxygens (including phenoxy) is 2. The summed E-state index contributed by atoms with van der Waals surface area (Å²) >= 11 is 0. The van der Waals surface area contributed by atoms with Gasteiger partial charge >= 0.3 is 23.5 Å². The van der Waals surface area contributed by atoms with Crippen molar-refractivity contribution in [3.63, 3.8) is 0 Å². The molecule has 1 N–H and O–H groups in total. The summed E-state index contributed by atoms with van der Waals surface area (Å²) in [4.78, 5) is 0. The highest BCUT2D eigenvalue weighted by atomic mass is 31.3. The fraction of sp³-hybridized carbons (Fsp3) is 1.00. The first kappa shape index (κ1) is 127. The predicted octanol–water partition coefficient (Wildman–Crippen LogP) is 41.7. The molecule has 0 heterocycles. The van der Waals surface area contributed by atoms with Crippen LogP contribution in [-0.4, -0.2) is 63.7 Å². The zero-order valence-electron chi connectivity index (χ0n) is 86.7. The molecule has 0 aromatic carbocycles. The van der Waals surface area contributed by atoms with Crippen LogP contribution >= 0.6 is 23.5 Å². The second-order valence-corrected chi connectivity index (χ2v) is 44.8. The zero-order chi connectivity index (χ0) is 91.9.